The highest BCUT2D eigenvalue weighted by atomic mass is 16.3. The molecule has 6 nitrogen and oxygen atoms in total. The normalized spacial score (nSPS) is 22.7. The standard InChI is InChI=1S/C32H26N4O2/c37-29-25(19-11-9-17-5-1-7-21-23(17)27(19)35-31(33-21)13-3-14-31)30(38)26(29)20-12-10-18-6-2-8-22-24(18)28(20)36-32(34-22)15-4-16-32/h1-2,5-12,33-35,37H,3-4,13-16H2. The van der Waals surface area contributed by atoms with Crippen LogP contribution in [0.2, 0.25) is 0 Å². The van der Waals surface area contributed by atoms with Crippen molar-refractivity contribution in [2.24, 2.45) is 4.99 Å². The number of benzene rings is 4. The molecule has 5 aliphatic rings. The maximum atomic E-state index is 13.9. The predicted molar refractivity (Wildman–Crippen MR) is 151 cm³/mol. The van der Waals surface area contributed by atoms with Gasteiger partial charge in [-0.05, 0) is 61.4 Å². The topological polar surface area (TPSA) is 85.8 Å². The smallest absolute Gasteiger partial charge is 0.201 e. The maximum Gasteiger partial charge on any atom is 0.201 e. The second-order valence-corrected chi connectivity index (χ2v) is 11.5. The SMILES string of the molecule is O=C1C(c2ccc3cccc4c3c2NC2(CCC2)N4)=C(O)C1=c1ccc2cccc3c2c1=NC1(CCC1)N3. The number of aliphatic hydroxyl groups excluding tert-OH is 1. The van der Waals surface area contributed by atoms with Gasteiger partial charge in [0, 0.05) is 32.9 Å². The number of carbonyl (C=O) groups is 1. The molecule has 0 saturated heterocycles. The molecule has 2 fully saturated rings. The number of allylic oxidation sites excluding steroid dienone is 2. The van der Waals surface area contributed by atoms with E-state index in [4.69, 9.17) is 4.99 Å². The van der Waals surface area contributed by atoms with Crippen molar-refractivity contribution in [3.05, 3.63) is 82.6 Å². The lowest BCUT2D eigenvalue weighted by molar-refractivity contribution is -0.109. The van der Waals surface area contributed by atoms with E-state index in [0.717, 1.165) is 93.3 Å². The molecule has 2 spiro atoms. The summed E-state index contributed by atoms with van der Waals surface area (Å²) in [5.41, 5.74) is 4.12. The number of ketones is 1. The number of hydrogen-bond acceptors (Lipinski definition) is 6. The molecule has 0 radical (unpaired) electrons. The number of nitrogens with zero attached hydrogens (tertiary/aromatic N) is 1. The molecular formula is C32H26N4O2. The summed E-state index contributed by atoms with van der Waals surface area (Å²) in [6.45, 7) is 0. The van der Waals surface area contributed by atoms with Crippen LogP contribution in [-0.4, -0.2) is 22.2 Å². The van der Waals surface area contributed by atoms with Crippen molar-refractivity contribution in [1.29, 1.82) is 0 Å². The van der Waals surface area contributed by atoms with Gasteiger partial charge in [0.05, 0.1) is 22.2 Å². The number of carbonyl (C=O) groups excluding carboxylic acids is 1. The maximum absolute atomic E-state index is 13.9. The Morgan fingerprint density at radius 2 is 1.45 bits per heavy atom. The van der Waals surface area contributed by atoms with Crippen LogP contribution in [0.4, 0.5) is 17.1 Å². The van der Waals surface area contributed by atoms with Crippen LogP contribution in [0.25, 0.3) is 32.7 Å². The molecule has 2 saturated carbocycles. The van der Waals surface area contributed by atoms with Crippen LogP contribution in [0, 0.1) is 0 Å². The molecule has 38 heavy (non-hydrogen) atoms. The van der Waals surface area contributed by atoms with Crippen molar-refractivity contribution >= 4 is 55.5 Å². The zero-order valence-electron chi connectivity index (χ0n) is 20.8. The van der Waals surface area contributed by atoms with E-state index in [-0.39, 0.29) is 22.9 Å². The van der Waals surface area contributed by atoms with Gasteiger partial charge in [0.15, 0.2) is 0 Å². The largest absolute Gasteiger partial charge is 0.506 e. The van der Waals surface area contributed by atoms with E-state index in [1.54, 1.807) is 0 Å². The Balaban J connectivity index is 1.30. The zero-order valence-corrected chi connectivity index (χ0v) is 20.8. The lowest BCUT2D eigenvalue weighted by Gasteiger charge is -2.48. The number of anilines is 3. The van der Waals surface area contributed by atoms with Gasteiger partial charge < -0.3 is 21.1 Å². The molecule has 4 aromatic carbocycles. The fourth-order valence-corrected chi connectivity index (χ4v) is 7.06. The fraction of sp³-hybridized carbons (Fsp3) is 0.250. The van der Waals surface area contributed by atoms with Crippen LogP contribution in [-0.2, 0) is 4.79 Å². The van der Waals surface area contributed by atoms with Crippen molar-refractivity contribution < 1.29 is 9.90 Å². The van der Waals surface area contributed by atoms with Gasteiger partial charge in [-0.15, -0.1) is 0 Å². The van der Waals surface area contributed by atoms with Crippen LogP contribution in [0.5, 0.6) is 0 Å². The number of aliphatic hydroxyl groups is 1. The summed E-state index contributed by atoms with van der Waals surface area (Å²) in [6, 6.07) is 20.5. The van der Waals surface area contributed by atoms with Crippen molar-refractivity contribution in [1.82, 2.24) is 0 Å². The first-order valence-electron chi connectivity index (χ1n) is 13.6. The Morgan fingerprint density at radius 3 is 2.13 bits per heavy atom. The summed E-state index contributed by atoms with van der Waals surface area (Å²) in [4.78, 5) is 19.1. The summed E-state index contributed by atoms with van der Waals surface area (Å²) in [7, 11) is 0. The quantitative estimate of drug-likeness (QED) is 0.285. The Hall–Kier alpha value is -4.32. The van der Waals surface area contributed by atoms with E-state index in [9.17, 15) is 9.90 Å². The van der Waals surface area contributed by atoms with Gasteiger partial charge in [-0.1, -0.05) is 48.5 Å². The first-order valence-corrected chi connectivity index (χ1v) is 13.6. The molecule has 0 unspecified atom stereocenters. The molecule has 4 aromatic rings. The van der Waals surface area contributed by atoms with Crippen molar-refractivity contribution in [2.45, 2.75) is 49.9 Å². The molecule has 0 bridgehead atoms. The van der Waals surface area contributed by atoms with Crippen LogP contribution < -0.4 is 26.5 Å². The van der Waals surface area contributed by atoms with Crippen molar-refractivity contribution in [3.63, 3.8) is 0 Å². The van der Waals surface area contributed by atoms with E-state index >= 15 is 0 Å². The molecule has 2 heterocycles. The molecule has 0 aromatic heterocycles. The highest BCUT2D eigenvalue weighted by Crippen LogP contribution is 2.50. The number of Topliss-reactive ketones (excluding diaryl/α,β-unsaturated/α-hetero) is 1. The van der Waals surface area contributed by atoms with E-state index in [1.165, 1.54) is 0 Å². The minimum Gasteiger partial charge on any atom is -0.506 e. The van der Waals surface area contributed by atoms with Gasteiger partial charge in [-0.25, -0.2) is 0 Å². The van der Waals surface area contributed by atoms with E-state index in [1.807, 2.05) is 24.3 Å². The Bertz CT molecular complexity index is 1950. The number of hydrogen-bond donors (Lipinski definition) is 4. The molecule has 9 rings (SSSR count). The summed E-state index contributed by atoms with van der Waals surface area (Å²) in [5.74, 6) is -0.0569. The van der Waals surface area contributed by atoms with Crippen molar-refractivity contribution in [3.8, 4) is 0 Å². The van der Waals surface area contributed by atoms with Gasteiger partial charge in [0.2, 0.25) is 5.78 Å². The van der Waals surface area contributed by atoms with Gasteiger partial charge in [-0.3, -0.25) is 9.79 Å². The molecule has 3 aliphatic carbocycles. The van der Waals surface area contributed by atoms with Crippen molar-refractivity contribution in [2.75, 3.05) is 16.0 Å². The molecule has 0 atom stereocenters. The molecular weight excluding hydrogens is 472 g/mol. The van der Waals surface area contributed by atoms with Gasteiger partial charge in [0.1, 0.15) is 17.1 Å². The van der Waals surface area contributed by atoms with Gasteiger partial charge in [0.25, 0.3) is 0 Å². The van der Waals surface area contributed by atoms with Crippen LogP contribution in [0.1, 0.15) is 44.1 Å². The lowest BCUT2D eigenvalue weighted by atomic mass is 9.77. The highest BCUT2D eigenvalue weighted by molar-refractivity contribution is 6.52. The third kappa shape index (κ3) is 2.48. The first kappa shape index (κ1) is 20.7. The Labute approximate surface area is 218 Å². The van der Waals surface area contributed by atoms with E-state index < -0.39 is 0 Å². The summed E-state index contributed by atoms with van der Waals surface area (Å²) in [6.07, 6.45) is 6.27. The molecule has 6 heteroatoms. The Kier molecular flexibility index (Phi) is 3.68. The molecule has 0 amide bonds. The molecule has 4 N–H and O–H groups in total. The third-order valence-corrected chi connectivity index (χ3v) is 9.35. The predicted octanol–water partition coefficient (Wildman–Crippen LogP) is 5.34. The summed E-state index contributed by atoms with van der Waals surface area (Å²) < 4.78 is 0. The minimum absolute atomic E-state index is 0.0653. The van der Waals surface area contributed by atoms with E-state index in [2.05, 4.69) is 52.3 Å². The van der Waals surface area contributed by atoms with Gasteiger partial charge >= 0.3 is 0 Å². The highest BCUT2D eigenvalue weighted by Gasteiger charge is 2.44. The zero-order chi connectivity index (χ0) is 25.2. The second-order valence-electron chi connectivity index (χ2n) is 11.5. The second kappa shape index (κ2) is 6.76. The van der Waals surface area contributed by atoms with Crippen LogP contribution >= 0.6 is 0 Å². The Morgan fingerprint density at radius 1 is 0.737 bits per heavy atom. The monoisotopic (exact) mass is 498 g/mol. The fourth-order valence-electron chi connectivity index (χ4n) is 7.06. The average molecular weight is 499 g/mol. The lowest BCUT2D eigenvalue weighted by Crippen LogP contribution is -2.53. The summed E-state index contributed by atoms with van der Waals surface area (Å²) >= 11 is 0. The van der Waals surface area contributed by atoms with Gasteiger partial charge in [-0.2, -0.15) is 0 Å². The molecule has 2 aliphatic heterocycles. The summed E-state index contributed by atoms with van der Waals surface area (Å²) in [5, 5.41) is 28.4. The molecule has 186 valence electrons. The average Bonchev–Trinajstić information content (AvgIpc) is 2.90. The third-order valence-electron chi connectivity index (χ3n) is 9.35. The van der Waals surface area contributed by atoms with Crippen LogP contribution in [0.3, 0.4) is 0 Å². The number of rotatable bonds is 1. The number of nitrogens with one attached hydrogen (secondary N) is 3. The van der Waals surface area contributed by atoms with E-state index in [0.29, 0.717) is 11.1 Å². The minimum atomic E-state index is -0.306. The first-order chi connectivity index (χ1) is 18.5. The van der Waals surface area contributed by atoms with Crippen LogP contribution in [0.15, 0.2) is 71.4 Å².